The highest BCUT2D eigenvalue weighted by molar-refractivity contribution is 7.89. The lowest BCUT2D eigenvalue weighted by atomic mass is 10.1. The molecular weight excluding hydrogens is 418 g/mol. The number of hydrogen-bond acceptors (Lipinski definition) is 5. The molecule has 0 saturated heterocycles. The average Bonchev–Trinajstić information content (AvgIpc) is 2.72. The number of carbonyl (C=O) groups excluding carboxylic acids is 1. The monoisotopic (exact) mass is 447 g/mol. The molecule has 0 radical (unpaired) electrons. The number of benzene rings is 2. The first-order valence-corrected chi connectivity index (χ1v) is 11.1. The van der Waals surface area contributed by atoms with Gasteiger partial charge >= 0.3 is 0 Å². The van der Waals surface area contributed by atoms with Crippen LogP contribution in [0.2, 0.25) is 0 Å². The Balaban J connectivity index is 2.13. The average molecular weight is 448 g/mol. The van der Waals surface area contributed by atoms with Gasteiger partial charge in [-0.2, -0.15) is 0 Å². The van der Waals surface area contributed by atoms with Crippen molar-refractivity contribution >= 4 is 21.9 Å². The number of ether oxygens (including phenoxy) is 1. The van der Waals surface area contributed by atoms with Gasteiger partial charge < -0.3 is 20.3 Å². The van der Waals surface area contributed by atoms with Crippen molar-refractivity contribution in [2.45, 2.75) is 24.9 Å². The van der Waals surface area contributed by atoms with Crippen LogP contribution in [0.25, 0.3) is 0 Å². The number of likely N-dealkylation sites (N-methyl/N-ethyl adjacent to an activating group) is 1. The minimum Gasteiger partial charge on any atom is -0.497 e. The Hall–Kier alpha value is -3.11. The Morgan fingerprint density at radius 2 is 1.77 bits per heavy atom. The van der Waals surface area contributed by atoms with Crippen molar-refractivity contribution < 1.29 is 17.9 Å². The predicted octanol–water partition coefficient (Wildman–Crippen LogP) is 0.975. The van der Waals surface area contributed by atoms with Gasteiger partial charge in [0.15, 0.2) is 5.96 Å². The van der Waals surface area contributed by atoms with Crippen LogP contribution in [-0.4, -0.2) is 52.9 Å². The summed E-state index contributed by atoms with van der Waals surface area (Å²) in [6.45, 7) is 2.83. The molecule has 0 fully saturated rings. The van der Waals surface area contributed by atoms with E-state index in [1.165, 1.54) is 17.0 Å². The van der Waals surface area contributed by atoms with Gasteiger partial charge in [-0.25, -0.2) is 18.5 Å². The molecule has 0 saturated carbocycles. The standard InChI is InChI=1S/C21H29N5O4S/c1-15-9-17(11-18(10-15)30-4)13-24-21(25-14-20(27)26(2)3)23-12-16-5-7-19(8-6-16)31(22,28)29/h5-11H,12-14H2,1-4H3,(H2,22,28,29)(H2,23,24,25). The fourth-order valence-corrected chi connectivity index (χ4v) is 3.19. The summed E-state index contributed by atoms with van der Waals surface area (Å²) in [6.07, 6.45) is 0. The van der Waals surface area contributed by atoms with Crippen LogP contribution >= 0.6 is 0 Å². The molecule has 0 atom stereocenters. The van der Waals surface area contributed by atoms with Crippen LogP contribution in [0.3, 0.4) is 0 Å². The fourth-order valence-electron chi connectivity index (χ4n) is 2.68. The number of sulfonamides is 1. The van der Waals surface area contributed by atoms with Gasteiger partial charge in [0.05, 0.1) is 25.1 Å². The van der Waals surface area contributed by atoms with Crippen LogP contribution in [0.15, 0.2) is 52.4 Å². The van der Waals surface area contributed by atoms with Crippen LogP contribution in [0.4, 0.5) is 0 Å². The van der Waals surface area contributed by atoms with E-state index >= 15 is 0 Å². The topological polar surface area (TPSA) is 126 Å². The zero-order valence-electron chi connectivity index (χ0n) is 18.2. The summed E-state index contributed by atoms with van der Waals surface area (Å²) in [5, 5.41) is 11.3. The van der Waals surface area contributed by atoms with Gasteiger partial charge in [0.2, 0.25) is 15.9 Å². The van der Waals surface area contributed by atoms with Gasteiger partial charge in [-0.15, -0.1) is 0 Å². The van der Waals surface area contributed by atoms with Crippen LogP contribution in [0.5, 0.6) is 5.75 Å². The lowest BCUT2D eigenvalue weighted by molar-refractivity contribution is -0.127. The maximum absolute atomic E-state index is 12.0. The smallest absolute Gasteiger partial charge is 0.241 e. The number of hydrogen-bond donors (Lipinski definition) is 3. The molecule has 31 heavy (non-hydrogen) atoms. The van der Waals surface area contributed by atoms with Gasteiger partial charge in [-0.3, -0.25) is 4.79 Å². The molecule has 2 aromatic rings. The van der Waals surface area contributed by atoms with Crippen LogP contribution < -0.4 is 20.5 Å². The van der Waals surface area contributed by atoms with Gasteiger partial charge in [-0.05, 0) is 47.9 Å². The Morgan fingerprint density at radius 3 is 2.35 bits per heavy atom. The summed E-state index contributed by atoms with van der Waals surface area (Å²) in [5.74, 6) is 1.11. The first kappa shape index (κ1) is 24.2. The number of aryl methyl sites for hydroxylation is 1. The zero-order chi connectivity index (χ0) is 23.0. The summed E-state index contributed by atoms with van der Waals surface area (Å²) in [6, 6.07) is 12.1. The highest BCUT2D eigenvalue weighted by atomic mass is 32.2. The molecule has 0 aliphatic heterocycles. The lowest BCUT2D eigenvalue weighted by Gasteiger charge is -2.15. The number of rotatable bonds is 8. The molecular formula is C21H29N5O4S. The Kier molecular flexibility index (Phi) is 8.40. The van der Waals surface area contributed by atoms with E-state index in [9.17, 15) is 13.2 Å². The fraction of sp³-hybridized carbons (Fsp3) is 0.333. The molecule has 1 amide bonds. The third-order valence-electron chi connectivity index (χ3n) is 4.38. The summed E-state index contributed by atoms with van der Waals surface area (Å²) in [7, 11) is 1.24. The number of guanidine groups is 1. The van der Waals surface area contributed by atoms with Gasteiger partial charge in [-0.1, -0.05) is 18.2 Å². The molecule has 4 N–H and O–H groups in total. The number of carbonyl (C=O) groups is 1. The Labute approximate surface area is 183 Å². The number of nitrogens with zero attached hydrogens (tertiary/aromatic N) is 2. The van der Waals surface area contributed by atoms with E-state index in [0.717, 1.165) is 22.4 Å². The molecule has 0 spiro atoms. The van der Waals surface area contributed by atoms with Gasteiger partial charge in [0, 0.05) is 20.6 Å². The first-order valence-electron chi connectivity index (χ1n) is 9.57. The largest absolute Gasteiger partial charge is 0.497 e. The minimum absolute atomic E-state index is 0.0493. The third-order valence-corrected chi connectivity index (χ3v) is 5.31. The molecule has 0 unspecified atom stereocenters. The molecule has 0 bridgehead atoms. The van der Waals surface area contributed by atoms with Crippen molar-refractivity contribution in [3.8, 4) is 5.75 Å². The SMILES string of the molecule is COc1cc(C)cc(CN=C(NCC(=O)N(C)C)NCc2ccc(S(N)(=O)=O)cc2)c1. The minimum atomic E-state index is -3.73. The summed E-state index contributed by atoms with van der Waals surface area (Å²) in [4.78, 5) is 18.1. The molecule has 2 rings (SSSR count). The van der Waals surface area contributed by atoms with Crippen molar-refractivity contribution in [2.75, 3.05) is 27.7 Å². The molecule has 168 valence electrons. The molecule has 0 aromatic heterocycles. The van der Waals surface area contributed by atoms with E-state index in [0.29, 0.717) is 19.0 Å². The summed E-state index contributed by atoms with van der Waals surface area (Å²) < 4.78 is 28.1. The number of primary sulfonamides is 1. The molecule has 0 aliphatic rings. The normalized spacial score (nSPS) is 11.7. The molecule has 0 aliphatic carbocycles. The highest BCUT2D eigenvalue weighted by Crippen LogP contribution is 2.17. The number of nitrogens with one attached hydrogen (secondary N) is 2. The third kappa shape index (κ3) is 7.91. The zero-order valence-corrected chi connectivity index (χ0v) is 19.0. The quantitative estimate of drug-likeness (QED) is 0.409. The van der Waals surface area contributed by atoms with E-state index in [-0.39, 0.29) is 17.3 Å². The van der Waals surface area contributed by atoms with Crippen molar-refractivity contribution in [2.24, 2.45) is 10.1 Å². The van der Waals surface area contributed by atoms with Gasteiger partial charge in [0.1, 0.15) is 5.75 Å². The Morgan fingerprint density at radius 1 is 1.10 bits per heavy atom. The molecule has 0 heterocycles. The van der Waals surface area contributed by atoms with Crippen molar-refractivity contribution in [3.63, 3.8) is 0 Å². The summed E-state index contributed by atoms with van der Waals surface area (Å²) in [5.41, 5.74) is 2.86. The first-order chi connectivity index (χ1) is 14.6. The van der Waals surface area contributed by atoms with E-state index in [4.69, 9.17) is 9.88 Å². The van der Waals surface area contributed by atoms with Gasteiger partial charge in [0.25, 0.3) is 0 Å². The number of amides is 1. The predicted molar refractivity (Wildman–Crippen MR) is 120 cm³/mol. The van der Waals surface area contributed by atoms with E-state index in [1.54, 1.807) is 33.3 Å². The number of aliphatic imine (C=N–C) groups is 1. The Bertz CT molecular complexity index is 1030. The van der Waals surface area contributed by atoms with Crippen molar-refractivity contribution in [1.82, 2.24) is 15.5 Å². The van der Waals surface area contributed by atoms with Crippen molar-refractivity contribution in [1.29, 1.82) is 0 Å². The second kappa shape index (κ2) is 10.8. The summed E-state index contributed by atoms with van der Waals surface area (Å²) >= 11 is 0. The molecule has 9 nitrogen and oxygen atoms in total. The van der Waals surface area contributed by atoms with Crippen LogP contribution in [0, 0.1) is 6.92 Å². The second-order valence-corrected chi connectivity index (χ2v) is 8.77. The second-order valence-electron chi connectivity index (χ2n) is 7.21. The maximum Gasteiger partial charge on any atom is 0.241 e. The molecule has 10 heteroatoms. The van der Waals surface area contributed by atoms with Crippen LogP contribution in [0.1, 0.15) is 16.7 Å². The van der Waals surface area contributed by atoms with E-state index < -0.39 is 10.0 Å². The van der Waals surface area contributed by atoms with E-state index in [2.05, 4.69) is 15.6 Å². The number of nitrogens with two attached hydrogens (primary N) is 1. The van der Waals surface area contributed by atoms with Crippen LogP contribution in [-0.2, 0) is 27.9 Å². The maximum atomic E-state index is 12.0. The lowest BCUT2D eigenvalue weighted by Crippen LogP contribution is -2.42. The molecule has 2 aromatic carbocycles. The highest BCUT2D eigenvalue weighted by Gasteiger charge is 2.09. The van der Waals surface area contributed by atoms with E-state index in [1.807, 2.05) is 25.1 Å². The van der Waals surface area contributed by atoms with Crippen molar-refractivity contribution in [3.05, 3.63) is 59.2 Å². The number of methoxy groups -OCH3 is 1.